The molecule has 0 unspecified atom stereocenters. The zero-order valence-corrected chi connectivity index (χ0v) is 15.1. The quantitative estimate of drug-likeness (QED) is 0.620. The zero-order valence-electron chi connectivity index (χ0n) is 14.3. The molecule has 0 aliphatic carbocycles. The van der Waals surface area contributed by atoms with Crippen molar-refractivity contribution in [3.8, 4) is 0 Å². The van der Waals surface area contributed by atoms with Crippen LogP contribution >= 0.6 is 11.6 Å². The third-order valence-corrected chi connectivity index (χ3v) is 4.78. The van der Waals surface area contributed by atoms with E-state index in [9.17, 15) is 0 Å². The van der Waals surface area contributed by atoms with Gasteiger partial charge in [0.2, 0.25) is 0 Å². The van der Waals surface area contributed by atoms with E-state index in [0.29, 0.717) is 0 Å². The number of rotatable bonds is 6. The zero-order chi connectivity index (χ0) is 16.5. The molecule has 0 spiro atoms. The normalized spacial score (nSPS) is 17.3. The van der Waals surface area contributed by atoms with Gasteiger partial charge >= 0.3 is 0 Å². The standard InChI is InChI=1S/C18H29ClN4/c1-20-18(21-11-7-15-3-5-17(19)6-4-15)22-12-8-16-9-13-23(2)14-10-16/h3-6,16H,7-14H2,1-2H3,(H2,20,21,22). The summed E-state index contributed by atoms with van der Waals surface area (Å²) in [6.07, 6.45) is 4.83. The average Bonchev–Trinajstić information content (AvgIpc) is 2.57. The van der Waals surface area contributed by atoms with Gasteiger partial charge in [-0.2, -0.15) is 0 Å². The third kappa shape index (κ3) is 6.80. The molecule has 5 heteroatoms. The van der Waals surface area contributed by atoms with Gasteiger partial charge < -0.3 is 15.5 Å². The van der Waals surface area contributed by atoms with Crippen LogP contribution in [-0.4, -0.2) is 51.1 Å². The Morgan fingerprint density at radius 2 is 1.83 bits per heavy atom. The summed E-state index contributed by atoms with van der Waals surface area (Å²) in [5.41, 5.74) is 1.28. The fourth-order valence-electron chi connectivity index (χ4n) is 2.94. The maximum absolute atomic E-state index is 5.90. The number of benzene rings is 1. The third-order valence-electron chi connectivity index (χ3n) is 4.53. The molecule has 1 saturated heterocycles. The van der Waals surface area contributed by atoms with Crippen molar-refractivity contribution in [2.24, 2.45) is 10.9 Å². The van der Waals surface area contributed by atoms with Crippen LogP contribution in [0.1, 0.15) is 24.8 Å². The summed E-state index contributed by atoms with van der Waals surface area (Å²) in [5, 5.41) is 7.59. The first-order chi connectivity index (χ1) is 11.2. The van der Waals surface area contributed by atoms with Crippen LogP contribution in [0.3, 0.4) is 0 Å². The smallest absolute Gasteiger partial charge is 0.190 e. The number of hydrogen-bond donors (Lipinski definition) is 2. The van der Waals surface area contributed by atoms with E-state index in [1.54, 1.807) is 0 Å². The fraction of sp³-hybridized carbons (Fsp3) is 0.611. The molecule has 0 amide bonds. The summed E-state index contributed by atoms with van der Waals surface area (Å²) < 4.78 is 0. The number of nitrogens with zero attached hydrogens (tertiary/aromatic N) is 2. The molecule has 2 N–H and O–H groups in total. The number of likely N-dealkylation sites (tertiary alicyclic amines) is 1. The van der Waals surface area contributed by atoms with Gasteiger partial charge in [-0.15, -0.1) is 0 Å². The summed E-state index contributed by atoms with van der Waals surface area (Å²) in [5.74, 6) is 1.75. The van der Waals surface area contributed by atoms with E-state index in [1.807, 2.05) is 19.2 Å². The van der Waals surface area contributed by atoms with Gasteiger partial charge in [0.05, 0.1) is 0 Å². The van der Waals surface area contributed by atoms with Crippen molar-refractivity contribution in [3.63, 3.8) is 0 Å². The predicted molar refractivity (Wildman–Crippen MR) is 99.4 cm³/mol. The molecule has 0 aromatic heterocycles. The highest BCUT2D eigenvalue weighted by Gasteiger charge is 2.16. The molecule has 1 aliphatic heterocycles. The SMILES string of the molecule is CN=C(NCCc1ccc(Cl)cc1)NCCC1CCN(C)CC1. The van der Waals surface area contributed by atoms with Gasteiger partial charge in [-0.3, -0.25) is 4.99 Å². The minimum atomic E-state index is 0.785. The van der Waals surface area contributed by atoms with Crippen LogP contribution in [0.15, 0.2) is 29.3 Å². The van der Waals surface area contributed by atoms with Gasteiger partial charge in [0.25, 0.3) is 0 Å². The van der Waals surface area contributed by atoms with Crippen molar-refractivity contribution < 1.29 is 0 Å². The van der Waals surface area contributed by atoms with Crippen molar-refractivity contribution in [2.75, 3.05) is 40.3 Å². The summed E-state index contributed by atoms with van der Waals surface area (Å²) in [7, 11) is 4.04. The van der Waals surface area contributed by atoms with E-state index in [4.69, 9.17) is 11.6 Å². The van der Waals surface area contributed by atoms with Crippen molar-refractivity contribution >= 4 is 17.6 Å². The molecular weight excluding hydrogens is 308 g/mol. The van der Waals surface area contributed by atoms with Crippen molar-refractivity contribution in [1.29, 1.82) is 0 Å². The number of guanidine groups is 1. The van der Waals surface area contributed by atoms with Crippen LogP contribution in [0.4, 0.5) is 0 Å². The maximum atomic E-state index is 5.90. The minimum absolute atomic E-state index is 0.785. The topological polar surface area (TPSA) is 39.7 Å². The highest BCUT2D eigenvalue weighted by Crippen LogP contribution is 2.18. The number of hydrogen-bond acceptors (Lipinski definition) is 2. The molecule has 1 aromatic rings. The molecule has 0 saturated carbocycles. The van der Waals surface area contributed by atoms with Crippen LogP contribution in [0, 0.1) is 5.92 Å². The summed E-state index contributed by atoms with van der Waals surface area (Å²) in [6, 6.07) is 8.01. The molecular formula is C18H29ClN4. The van der Waals surface area contributed by atoms with Gasteiger partial charge in [-0.05, 0) is 69.4 Å². The highest BCUT2D eigenvalue weighted by molar-refractivity contribution is 6.30. The summed E-state index contributed by atoms with van der Waals surface area (Å²) >= 11 is 5.90. The Morgan fingerprint density at radius 1 is 1.17 bits per heavy atom. The molecule has 1 aliphatic rings. The molecule has 128 valence electrons. The van der Waals surface area contributed by atoms with E-state index >= 15 is 0 Å². The largest absolute Gasteiger partial charge is 0.356 e. The molecule has 23 heavy (non-hydrogen) atoms. The maximum Gasteiger partial charge on any atom is 0.190 e. The first kappa shape index (κ1) is 18.1. The van der Waals surface area contributed by atoms with E-state index in [2.05, 4.69) is 39.7 Å². The van der Waals surface area contributed by atoms with E-state index in [-0.39, 0.29) is 0 Å². The summed E-state index contributed by atoms with van der Waals surface area (Å²) in [6.45, 7) is 4.34. The number of piperidine rings is 1. The molecule has 1 heterocycles. The molecule has 1 fully saturated rings. The Hall–Kier alpha value is -1.26. The van der Waals surface area contributed by atoms with Crippen LogP contribution < -0.4 is 10.6 Å². The van der Waals surface area contributed by atoms with Crippen molar-refractivity contribution in [3.05, 3.63) is 34.9 Å². The van der Waals surface area contributed by atoms with Gasteiger partial charge in [-0.1, -0.05) is 23.7 Å². The summed E-state index contributed by atoms with van der Waals surface area (Å²) in [4.78, 5) is 6.71. The van der Waals surface area contributed by atoms with E-state index in [1.165, 1.54) is 37.9 Å². The molecule has 0 atom stereocenters. The first-order valence-electron chi connectivity index (χ1n) is 8.55. The lowest BCUT2D eigenvalue weighted by molar-refractivity contribution is 0.213. The minimum Gasteiger partial charge on any atom is -0.356 e. The second-order valence-corrected chi connectivity index (χ2v) is 6.77. The van der Waals surface area contributed by atoms with Gasteiger partial charge in [0, 0.05) is 25.2 Å². The van der Waals surface area contributed by atoms with E-state index in [0.717, 1.165) is 36.4 Å². The fourth-order valence-corrected chi connectivity index (χ4v) is 3.07. The Labute approximate surface area is 145 Å². The highest BCUT2D eigenvalue weighted by atomic mass is 35.5. The predicted octanol–water partition coefficient (Wildman–Crippen LogP) is 2.78. The lowest BCUT2D eigenvalue weighted by Crippen LogP contribution is -2.39. The van der Waals surface area contributed by atoms with Crippen LogP contribution in [0.2, 0.25) is 5.02 Å². The molecule has 0 radical (unpaired) electrons. The van der Waals surface area contributed by atoms with E-state index < -0.39 is 0 Å². The number of halogens is 1. The Kier molecular flexibility index (Phi) is 7.69. The van der Waals surface area contributed by atoms with Gasteiger partial charge in [0.15, 0.2) is 5.96 Å². The van der Waals surface area contributed by atoms with Crippen LogP contribution in [0.5, 0.6) is 0 Å². The Bertz CT molecular complexity index is 478. The second kappa shape index (κ2) is 9.78. The second-order valence-electron chi connectivity index (χ2n) is 6.34. The Balaban J connectivity index is 1.60. The van der Waals surface area contributed by atoms with Gasteiger partial charge in [0.1, 0.15) is 0 Å². The van der Waals surface area contributed by atoms with Crippen LogP contribution in [0.25, 0.3) is 0 Å². The van der Waals surface area contributed by atoms with Crippen molar-refractivity contribution in [2.45, 2.75) is 25.7 Å². The molecule has 4 nitrogen and oxygen atoms in total. The first-order valence-corrected chi connectivity index (χ1v) is 8.92. The number of nitrogens with one attached hydrogen (secondary N) is 2. The lowest BCUT2D eigenvalue weighted by atomic mass is 9.94. The average molecular weight is 337 g/mol. The Morgan fingerprint density at radius 3 is 2.48 bits per heavy atom. The van der Waals surface area contributed by atoms with Crippen molar-refractivity contribution in [1.82, 2.24) is 15.5 Å². The molecule has 1 aromatic carbocycles. The van der Waals surface area contributed by atoms with Crippen LogP contribution in [-0.2, 0) is 6.42 Å². The van der Waals surface area contributed by atoms with Gasteiger partial charge in [-0.25, -0.2) is 0 Å². The number of aliphatic imine (C=N–C) groups is 1. The molecule has 2 rings (SSSR count). The monoisotopic (exact) mass is 336 g/mol. The molecule has 0 bridgehead atoms. The lowest BCUT2D eigenvalue weighted by Gasteiger charge is -2.29.